The van der Waals surface area contributed by atoms with Crippen LogP contribution in [0.3, 0.4) is 0 Å². The highest BCUT2D eigenvalue weighted by Gasteiger charge is 2.18. The molecule has 0 aliphatic heterocycles. The third-order valence-corrected chi connectivity index (χ3v) is 3.37. The first-order valence-corrected chi connectivity index (χ1v) is 7.45. The van der Waals surface area contributed by atoms with Crippen molar-refractivity contribution in [3.05, 3.63) is 59.9 Å². The highest BCUT2D eigenvalue weighted by molar-refractivity contribution is 6.33. The number of carbonyl (C=O) groups excluding carboxylic acids is 1. The van der Waals surface area contributed by atoms with Gasteiger partial charge in [-0.15, -0.1) is 11.6 Å². The summed E-state index contributed by atoms with van der Waals surface area (Å²) in [4.78, 5) is 16.2. The van der Waals surface area contributed by atoms with E-state index in [9.17, 15) is 4.79 Å². The second-order valence-electron chi connectivity index (χ2n) is 4.74. The minimum absolute atomic E-state index is 0.149. The molecule has 0 aliphatic rings. The van der Waals surface area contributed by atoms with Crippen LogP contribution in [-0.4, -0.2) is 22.8 Å². The Morgan fingerprint density at radius 2 is 2.00 bits per heavy atom. The van der Waals surface area contributed by atoms with E-state index in [1.54, 1.807) is 24.4 Å². The molecule has 3 nitrogen and oxygen atoms in total. The van der Waals surface area contributed by atoms with E-state index in [0.717, 1.165) is 17.7 Å². The Kier molecular flexibility index (Phi) is 5.76. The molecule has 0 aliphatic carbocycles. The Hall–Kier alpha value is -1.87. The molecular weight excluding hydrogens is 286 g/mol. The van der Waals surface area contributed by atoms with Gasteiger partial charge in [0, 0.05) is 6.20 Å². The molecule has 0 fully saturated rings. The summed E-state index contributed by atoms with van der Waals surface area (Å²) < 4.78 is 5.52. The van der Waals surface area contributed by atoms with Crippen molar-refractivity contribution in [3.63, 3.8) is 0 Å². The smallest absolute Gasteiger partial charge is 0.199 e. The molecule has 1 aromatic heterocycles. The standard InChI is InChI=1S/C17H18ClNO2/c1-2-11-21-14-8-6-13(7-9-14)12-15(18)17(20)16-5-3-4-10-19-16/h3-10,15H,2,11-12H2,1H3. The Morgan fingerprint density at radius 1 is 1.24 bits per heavy atom. The first kappa shape index (κ1) is 15.5. The second-order valence-corrected chi connectivity index (χ2v) is 5.27. The monoisotopic (exact) mass is 303 g/mol. The van der Waals surface area contributed by atoms with Gasteiger partial charge in [-0.3, -0.25) is 9.78 Å². The number of ether oxygens (including phenoxy) is 1. The fraction of sp³-hybridized carbons (Fsp3) is 0.294. The number of alkyl halides is 1. The molecule has 2 aromatic rings. The number of pyridine rings is 1. The number of carbonyl (C=O) groups is 1. The maximum atomic E-state index is 12.1. The van der Waals surface area contributed by atoms with E-state index in [4.69, 9.17) is 16.3 Å². The summed E-state index contributed by atoms with van der Waals surface area (Å²) in [7, 11) is 0. The number of nitrogens with zero attached hydrogens (tertiary/aromatic N) is 1. The van der Waals surface area contributed by atoms with Crippen LogP contribution in [0.25, 0.3) is 0 Å². The number of rotatable bonds is 7. The zero-order chi connectivity index (χ0) is 15.1. The van der Waals surface area contributed by atoms with E-state index >= 15 is 0 Å². The molecule has 1 unspecified atom stereocenters. The van der Waals surface area contributed by atoms with Crippen LogP contribution in [0.5, 0.6) is 5.75 Å². The van der Waals surface area contributed by atoms with Crippen LogP contribution in [0.15, 0.2) is 48.7 Å². The summed E-state index contributed by atoms with van der Waals surface area (Å²) in [5.41, 5.74) is 1.41. The SMILES string of the molecule is CCCOc1ccc(CC(Cl)C(=O)c2ccccn2)cc1. The fourth-order valence-corrected chi connectivity index (χ4v) is 2.20. The highest BCUT2D eigenvalue weighted by atomic mass is 35.5. The van der Waals surface area contributed by atoms with Crippen LogP contribution in [-0.2, 0) is 6.42 Å². The summed E-state index contributed by atoms with van der Waals surface area (Å²) in [6, 6.07) is 12.9. The molecule has 1 aromatic carbocycles. The van der Waals surface area contributed by atoms with Gasteiger partial charge in [0.05, 0.1) is 6.61 Å². The van der Waals surface area contributed by atoms with E-state index in [1.807, 2.05) is 24.3 Å². The molecule has 0 amide bonds. The average Bonchev–Trinajstić information content (AvgIpc) is 2.54. The van der Waals surface area contributed by atoms with Crippen molar-refractivity contribution in [1.29, 1.82) is 0 Å². The van der Waals surface area contributed by atoms with Gasteiger partial charge in [-0.1, -0.05) is 25.1 Å². The van der Waals surface area contributed by atoms with E-state index in [0.29, 0.717) is 18.7 Å². The predicted octanol–water partition coefficient (Wildman–Crippen LogP) is 3.90. The Balaban J connectivity index is 1.96. The van der Waals surface area contributed by atoms with Crippen molar-refractivity contribution in [1.82, 2.24) is 4.98 Å². The van der Waals surface area contributed by atoms with Gasteiger partial charge >= 0.3 is 0 Å². The number of ketones is 1. The Morgan fingerprint density at radius 3 is 2.62 bits per heavy atom. The maximum absolute atomic E-state index is 12.1. The molecule has 0 N–H and O–H groups in total. The zero-order valence-electron chi connectivity index (χ0n) is 12.0. The van der Waals surface area contributed by atoms with Gasteiger partial charge in [-0.2, -0.15) is 0 Å². The molecule has 0 bridgehead atoms. The molecule has 0 saturated heterocycles. The van der Waals surface area contributed by atoms with Crippen molar-refractivity contribution in [3.8, 4) is 5.75 Å². The molecule has 0 radical (unpaired) electrons. The third kappa shape index (κ3) is 4.57. The normalized spacial score (nSPS) is 11.9. The second kappa shape index (κ2) is 7.79. The molecule has 0 spiro atoms. The first-order chi connectivity index (χ1) is 10.2. The lowest BCUT2D eigenvalue weighted by Gasteiger charge is -2.09. The lowest BCUT2D eigenvalue weighted by Crippen LogP contribution is -2.18. The third-order valence-electron chi connectivity index (χ3n) is 3.01. The van der Waals surface area contributed by atoms with E-state index in [-0.39, 0.29) is 5.78 Å². The molecule has 0 saturated carbocycles. The van der Waals surface area contributed by atoms with Crippen molar-refractivity contribution >= 4 is 17.4 Å². The summed E-state index contributed by atoms with van der Waals surface area (Å²) in [6.07, 6.45) is 3.05. The molecule has 1 atom stereocenters. The van der Waals surface area contributed by atoms with Crippen molar-refractivity contribution < 1.29 is 9.53 Å². The van der Waals surface area contributed by atoms with E-state index in [1.165, 1.54) is 0 Å². The topological polar surface area (TPSA) is 39.2 Å². The van der Waals surface area contributed by atoms with Crippen LogP contribution in [0.2, 0.25) is 0 Å². The Labute approximate surface area is 129 Å². The van der Waals surface area contributed by atoms with E-state index < -0.39 is 5.38 Å². The lowest BCUT2D eigenvalue weighted by molar-refractivity contribution is 0.0982. The zero-order valence-corrected chi connectivity index (χ0v) is 12.7. The number of aromatic nitrogens is 1. The van der Waals surface area contributed by atoms with Crippen LogP contribution in [0.4, 0.5) is 0 Å². The minimum atomic E-state index is -0.609. The predicted molar refractivity (Wildman–Crippen MR) is 84.1 cm³/mol. The summed E-state index contributed by atoms with van der Waals surface area (Å²) in [5.74, 6) is 0.686. The maximum Gasteiger partial charge on any atom is 0.199 e. The number of hydrogen-bond donors (Lipinski definition) is 0. The first-order valence-electron chi connectivity index (χ1n) is 7.01. The lowest BCUT2D eigenvalue weighted by atomic mass is 10.1. The van der Waals surface area contributed by atoms with Gasteiger partial charge in [0.2, 0.25) is 0 Å². The number of halogens is 1. The van der Waals surface area contributed by atoms with Crippen LogP contribution < -0.4 is 4.74 Å². The summed E-state index contributed by atoms with van der Waals surface area (Å²) in [6.45, 7) is 2.77. The minimum Gasteiger partial charge on any atom is -0.494 e. The number of benzene rings is 1. The van der Waals surface area contributed by atoms with Gasteiger partial charge in [0.25, 0.3) is 0 Å². The van der Waals surface area contributed by atoms with Crippen LogP contribution >= 0.6 is 11.6 Å². The summed E-state index contributed by atoms with van der Waals surface area (Å²) in [5, 5.41) is -0.609. The molecule has 110 valence electrons. The number of Topliss-reactive ketones (excluding diaryl/α,β-unsaturated/α-hetero) is 1. The summed E-state index contributed by atoms with van der Waals surface area (Å²) >= 11 is 6.20. The van der Waals surface area contributed by atoms with Gasteiger partial charge < -0.3 is 4.74 Å². The van der Waals surface area contributed by atoms with Crippen LogP contribution in [0.1, 0.15) is 29.4 Å². The highest BCUT2D eigenvalue weighted by Crippen LogP contribution is 2.17. The van der Waals surface area contributed by atoms with Crippen LogP contribution in [0, 0.1) is 0 Å². The van der Waals surface area contributed by atoms with Gasteiger partial charge in [-0.05, 0) is 42.7 Å². The largest absolute Gasteiger partial charge is 0.494 e. The van der Waals surface area contributed by atoms with Gasteiger partial charge in [-0.25, -0.2) is 0 Å². The van der Waals surface area contributed by atoms with Gasteiger partial charge in [0.1, 0.15) is 16.8 Å². The van der Waals surface area contributed by atoms with Crippen molar-refractivity contribution in [2.24, 2.45) is 0 Å². The van der Waals surface area contributed by atoms with Crippen molar-refractivity contribution in [2.75, 3.05) is 6.61 Å². The molecule has 2 rings (SSSR count). The Bertz CT molecular complexity index is 569. The molecule has 1 heterocycles. The molecule has 4 heteroatoms. The fourth-order valence-electron chi connectivity index (χ4n) is 1.91. The average molecular weight is 304 g/mol. The van der Waals surface area contributed by atoms with Gasteiger partial charge in [0.15, 0.2) is 5.78 Å². The van der Waals surface area contributed by atoms with Crippen molar-refractivity contribution in [2.45, 2.75) is 25.1 Å². The molecular formula is C17H18ClNO2. The van der Waals surface area contributed by atoms with E-state index in [2.05, 4.69) is 11.9 Å². The molecule has 21 heavy (non-hydrogen) atoms. The quantitative estimate of drug-likeness (QED) is 0.575. The number of hydrogen-bond acceptors (Lipinski definition) is 3.